The molecule has 0 radical (unpaired) electrons. The van der Waals surface area contributed by atoms with Gasteiger partial charge >= 0.3 is 0 Å². The van der Waals surface area contributed by atoms with E-state index in [4.69, 9.17) is 0 Å². The van der Waals surface area contributed by atoms with Gasteiger partial charge < -0.3 is 9.88 Å². The van der Waals surface area contributed by atoms with Crippen molar-refractivity contribution >= 4 is 11.7 Å². The highest BCUT2D eigenvalue weighted by Gasteiger charge is 2.23. The first kappa shape index (κ1) is 19.3. The van der Waals surface area contributed by atoms with Gasteiger partial charge in [0.2, 0.25) is 0 Å². The number of aromatic nitrogens is 3. The van der Waals surface area contributed by atoms with E-state index in [1.54, 1.807) is 59.8 Å². The van der Waals surface area contributed by atoms with Crippen LogP contribution >= 0.6 is 0 Å². The lowest BCUT2D eigenvalue weighted by atomic mass is 10.0. The lowest BCUT2D eigenvalue weighted by molar-refractivity contribution is 0.0845. The average Bonchev–Trinajstić information content (AvgIpc) is 3.32. The Kier molecular flexibility index (Phi) is 5.75. The van der Waals surface area contributed by atoms with E-state index in [-0.39, 0.29) is 18.0 Å². The van der Waals surface area contributed by atoms with Crippen LogP contribution in [0.5, 0.6) is 0 Å². The number of nitrogens with one attached hydrogen (secondary N) is 1. The number of nitrogens with zero attached hydrogens (tertiary/aromatic N) is 3. The summed E-state index contributed by atoms with van der Waals surface area (Å²) in [7, 11) is 0. The molecular weight excluding hydrogens is 376 g/mol. The van der Waals surface area contributed by atoms with Crippen molar-refractivity contribution < 1.29 is 9.59 Å². The van der Waals surface area contributed by atoms with Crippen LogP contribution in [0.2, 0.25) is 0 Å². The number of pyridine rings is 1. The van der Waals surface area contributed by atoms with Crippen molar-refractivity contribution in [2.24, 2.45) is 0 Å². The number of benzene rings is 2. The Morgan fingerprint density at radius 2 is 1.63 bits per heavy atom. The molecular formula is C24H20N4O2. The molecule has 0 fully saturated rings. The van der Waals surface area contributed by atoms with Gasteiger partial charge in [-0.25, -0.2) is 4.98 Å². The van der Waals surface area contributed by atoms with Crippen molar-refractivity contribution in [3.05, 3.63) is 109 Å². The van der Waals surface area contributed by atoms with E-state index in [1.807, 2.05) is 42.5 Å². The first-order valence-corrected chi connectivity index (χ1v) is 9.58. The topological polar surface area (TPSA) is 76.9 Å². The number of imidazole rings is 1. The monoisotopic (exact) mass is 396 g/mol. The molecule has 1 amide bonds. The predicted octanol–water partition coefficient (Wildman–Crippen LogP) is 3.63. The van der Waals surface area contributed by atoms with Crippen LogP contribution in [0.1, 0.15) is 20.8 Å². The Morgan fingerprint density at radius 1 is 0.900 bits per heavy atom. The van der Waals surface area contributed by atoms with E-state index in [1.165, 1.54) is 0 Å². The number of hydrogen-bond donors (Lipinski definition) is 1. The maximum atomic E-state index is 13.0. The molecule has 0 spiro atoms. The van der Waals surface area contributed by atoms with Crippen LogP contribution in [0, 0.1) is 0 Å². The second-order valence-corrected chi connectivity index (χ2v) is 6.81. The zero-order valence-corrected chi connectivity index (χ0v) is 16.2. The molecule has 0 aliphatic heterocycles. The van der Waals surface area contributed by atoms with E-state index >= 15 is 0 Å². The molecule has 0 aliphatic carbocycles. The molecule has 2 heterocycles. The summed E-state index contributed by atoms with van der Waals surface area (Å²) in [5.74, 6) is -0.567. The molecule has 0 saturated carbocycles. The zero-order valence-electron chi connectivity index (χ0n) is 16.2. The molecule has 0 saturated heterocycles. The van der Waals surface area contributed by atoms with Crippen molar-refractivity contribution in [1.82, 2.24) is 19.9 Å². The van der Waals surface area contributed by atoms with Crippen molar-refractivity contribution in [3.63, 3.8) is 0 Å². The Bertz CT molecular complexity index is 1110. The third kappa shape index (κ3) is 4.50. The third-order valence-electron chi connectivity index (χ3n) is 4.74. The van der Waals surface area contributed by atoms with Crippen molar-refractivity contribution in [2.45, 2.75) is 12.6 Å². The van der Waals surface area contributed by atoms with Gasteiger partial charge in [0.25, 0.3) is 5.91 Å². The van der Waals surface area contributed by atoms with Gasteiger partial charge in [0.1, 0.15) is 11.7 Å². The fourth-order valence-electron chi connectivity index (χ4n) is 3.16. The average molecular weight is 396 g/mol. The summed E-state index contributed by atoms with van der Waals surface area (Å²) in [4.78, 5) is 34.1. The number of Topliss-reactive ketones (excluding diaryl/α,β-unsaturated/α-hetero) is 1. The minimum atomic E-state index is -0.746. The zero-order chi connectivity index (χ0) is 20.8. The van der Waals surface area contributed by atoms with Gasteiger partial charge in [0.15, 0.2) is 5.78 Å². The van der Waals surface area contributed by atoms with Gasteiger partial charge in [-0.05, 0) is 11.6 Å². The highest BCUT2D eigenvalue weighted by Crippen LogP contribution is 2.17. The number of carbonyl (C=O) groups is 2. The molecule has 6 nitrogen and oxygen atoms in total. The molecule has 148 valence electrons. The van der Waals surface area contributed by atoms with Crippen LogP contribution in [-0.4, -0.2) is 32.3 Å². The number of carbonyl (C=O) groups excluding carboxylic acids is 2. The fourth-order valence-corrected chi connectivity index (χ4v) is 3.16. The summed E-state index contributed by atoms with van der Waals surface area (Å²) in [6.45, 7) is 0.279. The first-order valence-electron chi connectivity index (χ1n) is 9.58. The molecule has 1 N–H and O–H groups in total. The van der Waals surface area contributed by atoms with Gasteiger partial charge in [-0.15, -0.1) is 0 Å². The Morgan fingerprint density at radius 3 is 2.27 bits per heavy atom. The largest absolute Gasteiger partial charge is 0.339 e. The van der Waals surface area contributed by atoms with Gasteiger partial charge in [-0.3, -0.25) is 14.6 Å². The molecule has 1 atom stereocenters. The molecule has 2 aromatic carbocycles. The van der Waals surface area contributed by atoms with E-state index in [2.05, 4.69) is 15.3 Å². The maximum absolute atomic E-state index is 13.0. The van der Waals surface area contributed by atoms with Crippen LogP contribution in [0.15, 0.2) is 97.7 Å². The molecule has 0 bridgehead atoms. The molecule has 4 rings (SSSR count). The second-order valence-electron chi connectivity index (χ2n) is 6.81. The SMILES string of the molecule is O=C(NC(Cn1ccnc1)C(=O)c1ccccc1)c1ccc(-c2ccccc2)cn1. The summed E-state index contributed by atoms with van der Waals surface area (Å²) >= 11 is 0. The number of hydrogen-bond acceptors (Lipinski definition) is 4. The Balaban J connectivity index is 1.53. The van der Waals surface area contributed by atoms with Crippen LogP contribution in [0.3, 0.4) is 0 Å². The highest BCUT2D eigenvalue weighted by molar-refractivity contribution is 6.03. The van der Waals surface area contributed by atoms with Crippen molar-refractivity contribution in [3.8, 4) is 11.1 Å². The van der Waals surface area contributed by atoms with E-state index in [0.29, 0.717) is 5.56 Å². The van der Waals surface area contributed by atoms with Crippen LogP contribution < -0.4 is 5.32 Å². The van der Waals surface area contributed by atoms with Crippen LogP contribution in [0.4, 0.5) is 0 Å². The summed E-state index contributed by atoms with van der Waals surface area (Å²) < 4.78 is 1.76. The molecule has 4 aromatic rings. The number of rotatable bonds is 7. The Labute approximate surface area is 174 Å². The maximum Gasteiger partial charge on any atom is 0.270 e. The quantitative estimate of drug-likeness (QED) is 0.484. The number of amides is 1. The summed E-state index contributed by atoms with van der Waals surface area (Å²) in [6.07, 6.45) is 6.67. The van der Waals surface area contributed by atoms with Gasteiger partial charge in [-0.2, -0.15) is 0 Å². The normalized spacial score (nSPS) is 11.6. The smallest absolute Gasteiger partial charge is 0.270 e. The van der Waals surface area contributed by atoms with E-state index < -0.39 is 11.9 Å². The lowest BCUT2D eigenvalue weighted by Crippen LogP contribution is -2.43. The summed E-state index contributed by atoms with van der Waals surface area (Å²) in [6, 6.07) is 21.5. The van der Waals surface area contributed by atoms with Crippen molar-refractivity contribution in [2.75, 3.05) is 0 Å². The van der Waals surface area contributed by atoms with E-state index in [9.17, 15) is 9.59 Å². The molecule has 30 heavy (non-hydrogen) atoms. The lowest BCUT2D eigenvalue weighted by Gasteiger charge is -2.18. The predicted molar refractivity (Wildman–Crippen MR) is 114 cm³/mol. The minimum absolute atomic E-state index is 0.168. The standard InChI is InChI=1S/C24H20N4O2/c29-23(19-9-5-2-6-10-19)22(16-28-14-13-25-17-28)27-24(30)21-12-11-20(15-26-21)18-7-3-1-4-8-18/h1-15,17,22H,16H2,(H,27,30). The molecule has 1 unspecified atom stereocenters. The molecule has 0 aliphatic rings. The van der Waals surface area contributed by atoms with Crippen molar-refractivity contribution in [1.29, 1.82) is 0 Å². The fraction of sp³-hybridized carbons (Fsp3) is 0.0833. The minimum Gasteiger partial charge on any atom is -0.339 e. The summed E-state index contributed by atoms with van der Waals surface area (Å²) in [5, 5.41) is 2.83. The third-order valence-corrected chi connectivity index (χ3v) is 4.74. The van der Waals surface area contributed by atoms with Crippen LogP contribution in [0.25, 0.3) is 11.1 Å². The summed E-state index contributed by atoms with van der Waals surface area (Å²) in [5.41, 5.74) is 2.73. The highest BCUT2D eigenvalue weighted by atomic mass is 16.2. The number of ketones is 1. The molecule has 6 heteroatoms. The van der Waals surface area contributed by atoms with E-state index in [0.717, 1.165) is 11.1 Å². The molecule has 2 aromatic heterocycles. The van der Waals surface area contributed by atoms with Crippen LogP contribution in [-0.2, 0) is 6.54 Å². The van der Waals surface area contributed by atoms with Gasteiger partial charge in [0.05, 0.1) is 12.9 Å². The van der Waals surface area contributed by atoms with Gasteiger partial charge in [-0.1, -0.05) is 66.7 Å². The van der Waals surface area contributed by atoms with Gasteiger partial charge in [0, 0.05) is 29.7 Å². The Hall–Kier alpha value is -4.06. The second kappa shape index (κ2) is 8.96. The first-order chi connectivity index (χ1) is 14.7.